The summed E-state index contributed by atoms with van der Waals surface area (Å²) < 4.78 is 7.65. The summed E-state index contributed by atoms with van der Waals surface area (Å²) in [4.78, 5) is 47.9. The molecule has 1 aromatic carbocycles. The summed E-state index contributed by atoms with van der Waals surface area (Å²) in [6, 6.07) is 13.2. The molecule has 4 aromatic rings. The number of rotatable bonds is 10. The molecule has 0 radical (unpaired) electrons. The molecule has 14 nitrogen and oxygen atoms in total. The number of imide groups is 1. The van der Waals surface area contributed by atoms with E-state index in [0.717, 1.165) is 124 Å². The van der Waals surface area contributed by atoms with Gasteiger partial charge in [0.2, 0.25) is 17.8 Å². The second-order valence-electron chi connectivity index (χ2n) is 15.5. The van der Waals surface area contributed by atoms with Crippen molar-refractivity contribution in [3.8, 4) is 0 Å². The van der Waals surface area contributed by atoms with Crippen LogP contribution in [0.4, 0.5) is 23.4 Å². The van der Waals surface area contributed by atoms with Gasteiger partial charge in [0.1, 0.15) is 11.6 Å². The van der Waals surface area contributed by atoms with Crippen molar-refractivity contribution in [2.75, 3.05) is 74.6 Å². The van der Waals surface area contributed by atoms with Crippen LogP contribution >= 0.6 is 0 Å². The third kappa shape index (κ3) is 7.91. The lowest BCUT2D eigenvalue weighted by molar-refractivity contribution is -0.134. The van der Waals surface area contributed by atoms with E-state index < -0.39 is 0 Å². The SMILES string of the molecule is COC1CCN(c2nccc(Nc3cc4c(cn3)c(N3CCC(N5CCN(Cc6ccc(C7CCC(=O)NC7=O)cc6)CC5)CC3)nn4C(C)C)n2)CC1. The number of ether oxygens (including phenoxy) is 1. The van der Waals surface area contributed by atoms with Crippen molar-refractivity contribution in [2.24, 2.45) is 0 Å². The fourth-order valence-corrected chi connectivity index (χ4v) is 8.56. The largest absolute Gasteiger partial charge is 0.381 e. The molecule has 54 heavy (non-hydrogen) atoms. The number of carbonyl (C=O) groups is 2. The molecule has 8 rings (SSSR count). The molecule has 0 spiro atoms. The van der Waals surface area contributed by atoms with E-state index in [-0.39, 0.29) is 23.8 Å². The molecule has 7 heterocycles. The van der Waals surface area contributed by atoms with E-state index in [9.17, 15) is 9.59 Å². The predicted octanol–water partition coefficient (Wildman–Crippen LogP) is 4.47. The van der Waals surface area contributed by atoms with Gasteiger partial charge < -0.3 is 19.9 Å². The van der Waals surface area contributed by atoms with Crippen LogP contribution < -0.4 is 20.4 Å². The number of pyridine rings is 1. The summed E-state index contributed by atoms with van der Waals surface area (Å²) in [5, 5.41) is 12.1. The van der Waals surface area contributed by atoms with Crippen LogP contribution in [-0.4, -0.2) is 118 Å². The number of amides is 2. The first-order chi connectivity index (χ1) is 26.3. The normalized spacial score (nSPS) is 21.3. The lowest BCUT2D eigenvalue weighted by atomic mass is 9.90. The van der Waals surface area contributed by atoms with Crippen LogP contribution in [0.1, 0.15) is 75.5 Å². The van der Waals surface area contributed by atoms with Crippen molar-refractivity contribution < 1.29 is 14.3 Å². The molecule has 2 N–H and O–H groups in total. The number of fused-ring (bicyclic) bond motifs is 1. The highest BCUT2D eigenvalue weighted by Crippen LogP contribution is 2.33. The summed E-state index contributed by atoms with van der Waals surface area (Å²) in [5.74, 6) is 2.63. The van der Waals surface area contributed by atoms with Crippen molar-refractivity contribution in [2.45, 2.75) is 83.0 Å². The number of hydrogen-bond acceptors (Lipinski definition) is 12. The van der Waals surface area contributed by atoms with Crippen molar-refractivity contribution in [3.63, 3.8) is 0 Å². The lowest BCUT2D eigenvalue weighted by Crippen LogP contribution is -2.53. The standard InChI is InChI=1S/C40H53N11O3/c1-27(2)51-34-24-36(43-35-10-15-41-40(44-35)50-18-13-31(54-3)14-19-50)42-25-33(34)38(46-51)49-16-11-30(12-17-49)48-22-20-47(21-23-48)26-28-4-6-29(7-5-28)32-8-9-37(52)45-39(32)53/h4-7,10,15,24-25,27,30-32H,8-9,11-14,16-23,26H2,1-3H3,(H,45,52,53)(H,41,42,43,44). The molecule has 4 aliphatic rings. The Balaban J connectivity index is 0.851. The zero-order chi connectivity index (χ0) is 37.2. The molecule has 0 bridgehead atoms. The van der Waals surface area contributed by atoms with Gasteiger partial charge in [-0.2, -0.15) is 10.1 Å². The quantitative estimate of drug-likeness (QED) is 0.223. The van der Waals surface area contributed by atoms with Gasteiger partial charge in [0.25, 0.3) is 0 Å². The van der Waals surface area contributed by atoms with E-state index in [2.05, 4.69) is 84.1 Å². The van der Waals surface area contributed by atoms with Gasteiger partial charge in [-0.3, -0.25) is 29.4 Å². The van der Waals surface area contributed by atoms with E-state index in [1.165, 1.54) is 5.56 Å². The average molecular weight is 736 g/mol. The Morgan fingerprint density at radius 3 is 2.31 bits per heavy atom. The zero-order valence-electron chi connectivity index (χ0n) is 31.8. The molecule has 1 unspecified atom stereocenters. The Hall–Kier alpha value is -4.66. The summed E-state index contributed by atoms with van der Waals surface area (Å²) in [7, 11) is 1.78. The van der Waals surface area contributed by atoms with Crippen LogP contribution in [-0.2, 0) is 20.9 Å². The predicted molar refractivity (Wildman–Crippen MR) is 209 cm³/mol. The topological polar surface area (TPSA) is 137 Å². The van der Waals surface area contributed by atoms with Gasteiger partial charge in [-0.15, -0.1) is 0 Å². The fourth-order valence-electron chi connectivity index (χ4n) is 8.56. The summed E-state index contributed by atoms with van der Waals surface area (Å²) in [6.45, 7) is 13.2. The molecule has 4 saturated heterocycles. The summed E-state index contributed by atoms with van der Waals surface area (Å²) >= 11 is 0. The monoisotopic (exact) mass is 735 g/mol. The first kappa shape index (κ1) is 36.3. The van der Waals surface area contributed by atoms with Crippen LogP contribution in [0.3, 0.4) is 0 Å². The highest BCUT2D eigenvalue weighted by Gasteiger charge is 2.31. The fraction of sp³-hybridized carbons (Fsp3) is 0.550. The Bertz CT molecular complexity index is 1930. The van der Waals surface area contributed by atoms with E-state index in [4.69, 9.17) is 19.8 Å². The Morgan fingerprint density at radius 1 is 0.870 bits per heavy atom. The third-order valence-corrected chi connectivity index (χ3v) is 11.7. The van der Waals surface area contributed by atoms with E-state index in [0.29, 0.717) is 25.0 Å². The highest BCUT2D eigenvalue weighted by molar-refractivity contribution is 6.01. The number of carbonyl (C=O) groups excluding carboxylic acids is 2. The minimum atomic E-state index is -0.233. The van der Waals surface area contributed by atoms with Crippen molar-refractivity contribution in [1.29, 1.82) is 0 Å². The van der Waals surface area contributed by atoms with Gasteiger partial charge in [-0.25, -0.2) is 9.97 Å². The van der Waals surface area contributed by atoms with Crippen molar-refractivity contribution >= 4 is 46.1 Å². The average Bonchev–Trinajstić information content (AvgIpc) is 3.58. The van der Waals surface area contributed by atoms with E-state index >= 15 is 0 Å². The van der Waals surface area contributed by atoms with Crippen molar-refractivity contribution in [3.05, 3.63) is 59.9 Å². The highest BCUT2D eigenvalue weighted by atomic mass is 16.5. The van der Waals surface area contributed by atoms with Crippen LogP contribution in [0.25, 0.3) is 10.9 Å². The summed E-state index contributed by atoms with van der Waals surface area (Å²) in [5.41, 5.74) is 3.32. The molecule has 2 amide bonds. The number of benzene rings is 1. The second-order valence-corrected chi connectivity index (χ2v) is 15.5. The lowest BCUT2D eigenvalue weighted by Gasteiger charge is -2.43. The molecule has 286 valence electrons. The van der Waals surface area contributed by atoms with Gasteiger partial charge in [0.15, 0.2) is 5.82 Å². The number of piperazine rings is 1. The first-order valence-corrected chi connectivity index (χ1v) is 19.7. The molecule has 0 aliphatic carbocycles. The number of hydrogen-bond donors (Lipinski definition) is 2. The maximum atomic E-state index is 12.3. The molecular formula is C40H53N11O3. The van der Waals surface area contributed by atoms with Gasteiger partial charge in [0.05, 0.1) is 22.9 Å². The number of aromatic nitrogens is 5. The molecule has 14 heteroatoms. The summed E-state index contributed by atoms with van der Waals surface area (Å²) in [6.07, 6.45) is 9.24. The van der Waals surface area contributed by atoms with Crippen molar-refractivity contribution in [1.82, 2.24) is 39.8 Å². The van der Waals surface area contributed by atoms with E-state index in [1.807, 2.05) is 12.3 Å². The molecule has 1 atom stereocenters. The molecule has 4 aliphatic heterocycles. The van der Waals surface area contributed by atoms with Gasteiger partial charge >= 0.3 is 0 Å². The maximum Gasteiger partial charge on any atom is 0.234 e. The van der Waals surface area contributed by atoms with Gasteiger partial charge in [0, 0.05) is 103 Å². The third-order valence-electron chi connectivity index (χ3n) is 11.7. The van der Waals surface area contributed by atoms with Crippen LogP contribution in [0.15, 0.2) is 48.8 Å². The Labute approximate surface area is 317 Å². The van der Waals surface area contributed by atoms with Gasteiger partial charge in [-0.1, -0.05) is 24.3 Å². The van der Waals surface area contributed by atoms with E-state index in [1.54, 1.807) is 13.3 Å². The number of nitrogens with zero attached hydrogens (tertiary/aromatic N) is 9. The Morgan fingerprint density at radius 2 is 1.61 bits per heavy atom. The minimum absolute atomic E-state index is 0.172. The number of methoxy groups -OCH3 is 1. The number of anilines is 4. The Kier molecular flexibility index (Phi) is 10.7. The molecular weight excluding hydrogens is 683 g/mol. The molecule has 0 saturated carbocycles. The van der Waals surface area contributed by atoms with Crippen LogP contribution in [0.5, 0.6) is 0 Å². The molecule has 4 fully saturated rings. The second kappa shape index (κ2) is 16.0. The van der Waals surface area contributed by atoms with Crippen LogP contribution in [0.2, 0.25) is 0 Å². The van der Waals surface area contributed by atoms with Crippen LogP contribution in [0, 0.1) is 0 Å². The number of piperidine rings is 3. The smallest absolute Gasteiger partial charge is 0.234 e. The minimum Gasteiger partial charge on any atom is -0.381 e. The molecule has 3 aromatic heterocycles. The maximum absolute atomic E-state index is 12.3. The first-order valence-electron chi connectivity index (χ1n) is 19.7. The zero-order valence-corrected chi connectivity index (χ0v) is 31.8. The van der Waals surface area contributed by atoms with Gasteiger partial charge in [-0.05, 0) is 63.1 Å². The number of nitrogens with one attached hydrogen (secondary N) is 2.